The van der Waals surface area contributed by atoms with Crippen LogP contribution in [-0.4, -0.2) is 30.2 Å². The van der Waals surface area contributed by atoms with E-state index in [4.69, 9.17) is 11.6 Å². The van der Waals surface area contributed by atoms with Gasteiger partial charge in [0.15, 0.2) is 0 Å². The van der Waals surface area contributed by atoms with E-state index in [1.807, 2.05) is 32.9 Å². The Morgan fingerprint density at radius 2 is 2.00 bits per heavy atom. The number of nitrogens with one attached hydrogen (secondary N) is 1. The Balaban J connectivity index is 1.66. The number of fused-ring (bicyclic) bond motifs is 1. The SMILES string of the molecule is Cc1sc2nc(C(C)Sc3nnnn3-c3ccc(Cl)cc3)[nH]c(=O)c2c1C. The highest BCUT2D eigenvalue weighted by Gasteiger charge is 2.19. The highest BCUT2D eigenvalue weighted by atomic mass is 35.5. The van der Waals surface area contributed by atoms with Crippen LogP contribution in [0.15, 0.2) is 34.2 Å². The average Bonchev–Trinajstić information content (AvgIpc) is 3.20. The van der Waals surface area contributed by atoms with Crippen molar-refractivity contribution in [2.75, 3.05) is 0 Å². The molecule has 10 heteroatoms. The van der Waals surface area contributed by atoms with E-state index in [-0.39, 0.29) is 10.8 Å². The molecule has 7 nitrogen and oxygen atoms in total. The van der Waals surface area contributed by atoms with E-state index in [9.17, 15) is 4.79 Å². The van der Waals surface area contributed by atoms with Crippen LogP contribution in [-0.2, 0) is 0 Å². The molecule has 0 aliphatic carbocycles. The number of aromatic amines is 1. The molecule has 1 aromatic carbocycles. The van der Waals surface area contributed by atoms with Crippen molar-refractivity contribution >= 4 is 44.9 Å². The molecule has 0 aliphatic rings. The number of benzene rings is 1. The summed E-state index contributed by atoms with van der Waals surface area (Å²) in [5.41, 5.74) is 1.68. The predicted octanol–water partition coefficient (Wildman–Crippen LogP) is 4.08. The van der Waals surface area contributed by atoms with Crippen LogP contribution in [0.1, 0.15) is 28.4 Å². The Hall–Kier alpha value is -2.23. The lowest BCUT2D eigenvalue weighted by molar-refractivity contribution is 0.754. The number of hydrogen-bond acceptors (Lipinski definition) is 7. The van der Waals surface area contributed by atoms with E-state index in [1.165, 1.54) is 23.1 Å². The largest absolute Gasteiger partial charge is 0.309 e. The van der Waals surface area contributed by atoms with Gasteiger partial charge >= 0.3 is 0 Å². The minimum atomic E-state index is -0.137. The Bertz CT molecular complexity index is 1180. The molecule has 0 spiro atoms. The van der Waals surface area contributed by atoms with Gasteiger partial charge in [-0.3, -0.25) is 4.79 Å². The van der Waals surface area contributed by atoms with Crippen molar-refractivity contribution in [3.05, 3.63) is 55.9 Å². The van der Waals surface area contributed by atoms with Gasteiger partial charge in [-0.15, -0.1) is 16.4 Å². The van der Waals surface area contributed by atoms with Crippen molar-refractivity contribution in [2.24, 2.45) is 0 Å². The number of aromatic nitrogens is 6. The highest BCUT2D eigenvalue weighted by Crippen LogP contribution is 2.34. The number of halogens is 1. The molecule has 3 aromatic heterocycles. The Morgan fingerprint density at radius 3 is 2.74 bits per heavy atom. The minimum Gasteiger partial charge on any atom is -0.309 e. The normalized spacial score (nSPS) is 12.6. The quantitative estimate of drug-likeness (QED) is 0.502. The molecule has 0 saturated heterocycles. The fraction of sp³-hybridized carbons (Fsp3) is 0.235. The summed E-state index contributed by atoms with van der Waals surface area (Å²) in [6.45, 7) is 5.91. The maximum absolute atomic E-state index is 12.5. The summed E-state index contributed by atoms with van der Waals surface area (Å²) in [5, 5.41) is 13.7. The zero-order chi connectivity index (χ0) is 19.1. The third-order valence-electron chi connectivity index (χ3n) is 4.24. The van der Waals surface area contributed by atoms with Gasteiger partial charge in [-0.25, -0.2) is 4.98 Å². The zero-order valence-corrected chi connectivity index (χ0v) is 17.1. The van der Waals surface area contributed by atoms with Gasteiger partial charge in [0.1, 0.15) is 10.7 Å². The van der Waals surface area contributed by atoms with Crippen LogP contribution in [0.3, 0.4) is 0 Å². The minimum absolute atomic E-state index is 0.110. The van der Waals surface area contributed by atoms with Gasteiger partial charge in [0.2, 0.25) is 5.16 Å². The molecule has 0 saturated carbocycles. The molecular formula is C17H15ClN6OS2. The standard InChI is InChI=1S/C17H15ClN6OS2/c1-8-9(2)26-16-13(8)15(25)19-14(20-16)10(3)27-17-21-22-23-24(17)12-6-4-11(18)5-7-12/h4-7,10H,1-3H3,(H,19,20,25). The van der Waals surface area contributed by atoms with Crippen LogP contribution in [0.4, 0.5) is 0 Å². The number of tetrazole rings is 1. The van der Waals surface area contributed by atoms with Gasteiger partial charge in [0, 0.05) is 9.90 Å². The second-order valence-corrected chi connectivity index (χ2v) is 8.97. The van der Waals surface area contributed by atoms with Gasteiger partial charge in [0.05, 0.1) is 16.3 Å². The lowest BCUT2D eigenvalue weighted by Crippen LogP contribution is -2.12. The Labute approximate surface area is 167 Å². The third-order valence-corrected chi connectivity index (χ3v) is 6.63. The number of nitrogens with zero attached hydrogens (tertiary/aromatic N) is 5. The molecule has 1 N–H and O–H groups in total. The van der Waals surface area contributed by atoms with Crippen molar-refractivity contribution in [1.82, 2.24) is 30.2 Å². The summed E-state index contributed by atoms with van der Waals surface area (Å²) < 4.78 is 1.63. The Morgan fingerprint density at radius 1 is 1.26 bits per heavy atom. The fourth-order valence-electron chi connectivity index (χ4n) is 2.67. The smallest absolute Gasteiger partial charge is 0.259 e. The van der Waals surface area contributed by atoms with E-state index < -0.39 is 0 Å². The van der Waals surface area contributed by atoms with Crippen molar-refractivity contribution in [2.45, 2.75) is 31.2 Å². The van der Waals surface area contributed by atoms with Crippen LogP contribution in [0.25, 0.3) is 15.9 Å². The number of hydrogen-bond donors (Lipinski definition) is 1. The monoisotopic (exact) mass is 418 g/mol. The molecule has 4 aromatic rings. The third kappa shape index (κ3) is 3.38. The van der Waals surface area contributed by atoms with Crippen LogP contribution >= 0.6 is 34.7 Å². The van der Waals surface area contributed by atoms with Crippen molar-refractivity contribution in [3.63, 3.8) is 0 Å². The first-order valence-corrected chi connectivity index (χ1v) is 10.2. The molecule has 0 amide bonds. The van der Waals surface area contributed by atoms with Crippen LogP contribution in [0, 0.1) is 13.8 Å². The van der Waals surface area contributed by atoms with Crippen LogP contribution in [0.2, 0.25) is 5.02 Å². The molecule has 4 rings (SSSR count). The number of aryl methyl sites for hydroxylation is 2. The second kappa shape index (κ2) is 7.06. The van der Waals surface area contributed by atoms with E-state index in [2.05, 4.69) is 25.5 Å². The zero-order valence-electron chi connectivity index (χ0n) is 14.7. The molecule has 27 heavy (non-hydrogen) atoms. The summed E-state index contributed by atoms with van der Waals surface area (Å²) in [6.07, 6.45) is 0. The van der Waals surface area contributed by atoms with Gasteiger partial charge in [0.25, 0.3) is 5.56 Å². The second-order valence-electron chi connectivity index (χ2n) is 6.02. The summed E-state index contributed by atoms with van der Waals surface area (Å²) in [6, 6.07) is 7.25. The summed E-state index contributed by atoms with van der Waals surface area (Å²) in [5.74, 6) is 0.601. The predicted molar refractivity (Wildman–Crippen MR) is 108 cm³/mol. The topological polar surface area (TPSA) is 89.3 Å². The van der Waals surface area contributed by atoms with E-state index in [1.54, 1.807) is 16.8 Å². The number of thiophene rings is 1. The number of H-pyrrole nitrogens is 1. The molecule has 0 aliphatic heterocycles. The molecule has 1 unspecified atom stereocenters. The number of thioether (sulfide) groups is 1. The first-order valence-electron chi connectivity index (χ1n) is 8.15. The fourth-order valence-corrected chi connectivity index (χ4v) is 4.70. The van der Waals surface area contributed by atoms with Crippen molar-refractivity contribution in [3.8, 4) is 5.69 Å². The highest BCUT2D eigenvalue weighted by molar-refractivity contribution is 7.99. The lowest BCUT2D eigenvalue weighted by Gasteiger charge is -2.10. The Kier molecular flexibility index (Phi) is 4.75. The average molecular weight is 419 g/mol. The molecule has 3 heterocycles. The molecule has 0 radical (unpaired) electrons. The first kappa shape index (κ1) is 18.1. The molecular weight excluding hydrogens is 404 g/mol. The van der Waals surface area contributed by atoms with Gasteiger partial charge in [-0.1, -0.05) is 23.4 Å². The maximum Gasteiger partial charge on any atom is 0.259 e. The van der Waals surface area contributed by atoms with E-state index in [0.29, 0.717) is 21.4 Å². The summed E-state index contributed by atoms with van der Waals surface area (Å²) in [7, 11) is 0. The van der Waals surface area contributed by atoms with Crippen molar-refractivity contribution < 1.29 is 0 Å². The van der Waals surface area contributed by atoms with E-state index in [0.717, 1.165) is 21.0 Å². The summed E-state index contributed by atoms with van der Waals surface area (Å²) in [4.78, 5) is 21.9. The van der Waals surface area contributed by atoms with Gasteiger partial charge in [-0.2, -0.15) is 4.68 Å². The van der Waals surface area contributed by atoms with Gasteiger partial charge < -0.3 is 4.98 Å². The van der Waals surface area contributed by atoms with E-state index >= 15 is 0 Å². The molecule has 0 fully saturated rings. The molecule has 138 valence electrons. The van der Waals surface area contributed by atoms with Crippen LogP contribution < -0.4 is 5.56 Å². The van der Waals surface area contributed by atoms with Crippen molar-refractivity contribution in [1.29, 1.82) is 0 Å². The first-order chi connectivity index (χ1) is 12.9. The molecule has 1 atom stereocenters. The maximum atomic E-state index is 12.5. The lowest BCUT2D eigenvalue weighted by atomic mass is 10.2. The summed E-state index contributed by atoms with van der Waals surface area (Å²) >= 11 is 8.90. The molecule has 0 bridgehead atoms. The van der Waals surface area contributed by atoms with Gasteiger partial charge in [-0.05, 0) is 61.0 Å². The van der Waals surface area contributed by atoms with Crippen LogP contribution in [0.5, 0.6) is 0 Å². The number of rotatable bonds is 4.